The Morgan fingerprint density at radius 1 is 1.09 bits per heavy atom. The number of hydrogen-bond acceptors (Lipinski definition) is 4. The van der Waals surface area contributed by atoms with E-state index in [4.69, 9.17) is 14.8 Å². The van der Waals surface area contributed by atoms with Crippen LogP contribution in [0.15, 0.2) is 55.0 Å². The summed E-state index contributed by atoms with van der Waals surface area (Å²) in [6.07, 6.45) is 10.0. The molecule has 1 unspecified atom stereocenters. The van der Waals surface area contributed by atoms with Gasteiger partial charge in [-0.2, -0.15) is 5.10 Å². The summed E-state index contributed by atoms with van der Waals surface area (Å²) in [5.41, 5.74) is 5.65. The fourth-order valence-corrected chi connectivity index (χ4v) is 4.60. The van der Waals surface area contributed by atoms with E-state index in [9.17, 15) is 0 Å². The molecule has 1 aliphatic heterocycles. The van der Waals surface area contributed by atoms with Gasteiger partial charge < -0.3 is 9.30 Å². The summed E-state index contributed by atoms with van der Waals surface area (Å²) in [6.45, 7) is 7.35. The molecule has 1 atom stereocenters. The van der Waals surface area contributed by atoms with Crippen LogP contribution in [-0.2, 0) is 6.54 Å². The molecule has 6 heteroatoms. The zero-order chi connectivity index (χ0) is 23.7. The normalized spacial score (nSPS) is 15.7. The van der Waals surface area contributed by atoms with E-state index in [0.29, 0.717) is 11.8 Å². The van der Waals surface area contributed by atoms with Gasteiger partial charge in [0.05, 0.1) is 24.8 Å². The van der Waals surface area contributed by atoms with E-state index < -0.39 is 0 Å². The highest BCUT2D eigenvalue weighted by atomic mass is 16.5. The van der Waals surface area contributed by atoms with Crippen molar-refractivity contribution in [2.45, 2.75) is 52.0 Å². The maximum atomic E-state index is 5.64. The highest BCUT2D eigenvalue weighted by Crippen LogP contribution is 2.33. The molecular weight excluding hydrogens is 422 g/mol. The zero-order valence-corrected chi connectivity index (χ0v) is 20.3. The van der Waals surface area contributed by atoms with Gasteiger partial charge in [-0.1, -0.05) is 50.3 Å². The van der Waals surface area contributed by atoms with Gasteiger partial charge in [-0.3, -0.25) is 0 Å². The summed E-state index contributed by atoms with van der Waals surface area (Å²) in [4.78, 5) is 9.23. The molecule has 5 rings (SSSR count). The Morgan fingerprint density at radius 2 is 1.91 bits per heavy atom. The summed E-state index contributed by atoms with van der Waals surface area (Å²) in [7, 11) is 1.69. The van der Waals surface area contributed by atoms with Crippen LogP contribution in [0.1, 0.15) is 72.6 Å². The van der Waals surface area contributed by atoms with E-state index in [2.05, 4.69) is 53.8 Å². The molecule has 0 saturated heterocycles. The lowest BCUT2D eigenvalue weighted by Gasteiger charge is -2.22. The van der Waals surface area contributed by atoms with Crippen molar-refractivity contribution in [1.29, 1.82) is 0 Å². The molecule has 1 aliphatic rings. The second-order valence-corrected chi connectivity index (χ2v) is 9.25. The molecule has 6 nitrogen and oxygen atoms in total. The molecule has 0 saturated carbocycles. The van der Waals surface area contributed by atoms with Crippen LogP contribution < -0.4 is 4.74 Å². The van der Waals surface area contributed by atoms with E-state index >= 15 is 0 Å². The number of benzene rings is 2. The molecule has 0 bridgehead atoms. The van der Waals surface area contributed by atoms with E-state index in [1.54, 1.807) is 13.4 Å². The van der Waals surface area contributed by atoms with Crippen LogP contribution in [-0.4, -0.2) is 31.4 Å². The van der Waals surface area contributed by atoms with Crippen molar-refractivity contribution in [2.75, 3.05) is 7.11 Å². The Morgan fingerprint density at radius 3 is 2.62 bits per heavy atom. The number of ether oxygens (including phenoxy) is 1. The summed E-state index contributed by atoms with van der Waals surface area (Å²) < 4.78 is 9.69. The Balaban J connectivity index is 1.38. The van der Waals surface area contributed by atoms with Gasteiger partial charge in [0.25, 0.3) is 0 Å². The van der Waals surface area contributed by atoms with Crippen molar-refractivity contribution in [3.8, 4) is 11.4 Å². The van der Waals surface area contributed by atoms with Crippen LogP contribution in [0, 0.1) is 6.92 Å². The number of aromatic nitrogens is 5. The number of nitrogens with zero attached hydrogens (tertiary/aromatic N) is 5. The van der Waals surface area contributed by atoms with Crippen LogP contribution in [0.5, 0.6) is 5.75 Å². The van der Waals surface area contributed by atoms with Crippen molar-refractivity contribution in [3.63, 3.8) is 0 Å². The lowest BCUT2D eigenvalue weighted by Crippen LogP contribution is -2.18. The third-order valence-corrected chi connectivity index (χ3v) is 6.52. The van der Waals surface area contributed by atoms with Crippen molar-refractivity contribution in [3.05, 3.63) is 89.0 Å². The first-order valence-corrected chi connectivity index (χ1v) is 11.9. The number of aryl methyl sites for hydroxylation is 2. The quantitative estimate of drug-likeness (QED) is 0.359. The fourth-order valence-electron chi connectivity index (χ4n) is 4.60. The van der Waals surface area contributed by atoms with Gasteiger partial charge in [-0.25, -0.2) is 14.6 Å². The Labute approximate surface area is 201 Å². The largest absolute Gasteiger partial charge is 0.495 e. The van der Waals surface area contributed by atoms with Gasteiger partial charge in [-0.05, 0) is 60.6 Å². The lowest BCUT2D eigenvalue weighted by atomic mass is 9.89. The van der Waals surface area contributed by atoms with Crippen molar-refractivity contribution in [1.82, 2.24) is 24.3 Å². The molecule has 2 aromatic carbocycles. The van der Waals surface area contributed by atoms with E-state index in [-0.39, 0.29) is 0 Å². The van der Waals surface area contributed by atoms with Gasteiger partial charge in [0.2, 0.25) is 0 Å². The van der Waals surface area contributed by atoms with Crippen LogP contribution in [0.2, 0.25) is 0 Å². The molecule has 0 fully saturated rings. The molecule has 0 N–H and O–H groups in total. The number of imidazole rings is 1. The molecule has 34 heavy (non-hydrogen) atoms. The van der Waals surface area contributed by atoms with Gasteiger partial charge in [0, 0.05) is 18.7 Å². The van der Waals surface area contributed by atoms with Crippen LogP contribution >= 0.6 is 0 Å². The SMILES string of the molecule is COc1cc(/C=C/c2nc3n(n2)CCCC3c2ccc(C(C)C)cc2)ccc1-n1cnc(C)c1. The van der Waals surface area contributed by atoms with Crippen molar-refractivity contribution in [2.24, 2.45) is 0 Å². The van der Waals surface area contributed by atoms with Crippen molar-refractivity contribution < 1.29 is 4.74 Å². The summed E-state index contributed by atoms with van der Waals surface area (Å²) in [5.74, 6) is 3.43. The van der Waals surface area contributed by atoms with Crippen molar-refractivity contribution >= 4 is 12.2 Å². The van der Waals surface area contributed by atoms with Gasteiger partial charge >= 0.3 is 0 Å². The van der Waals surface area contributed by atoms with Crippen LogP contribution in [0.3, 0.4) is 0 Å². The monoisotopic (exact) mass is 453 g/mol. The number of rotatable bonds is 6. The Hall–Kier alpha value is -3.67. The smallest absolute Gasteiger partial charge is 0.174 e. The lowest BCUT2D eigenvalue weighted by molar-refractivity contribution is 0.413. The maximum absolute atomic E-state index is 5.64. The van der Waals surface area contributed by atoms with Crippen LogP contribution in [0.4, 0.5) is 0 Å². The molecular formula is C28H31N5O. The summed E-state index contributed by atoms with van der Waals surface area (Å²) >= 11 is 0. The second kappa shape index (κ2) is 9.29. The third kappa shape index (κ3) is 4.40. The first-order chi connectivity index (χ1) is 16.5. The third-order valence-electron chi connectivity index (χ3n) is 6.52. The maximum Gasteiger partial charge on any atom is 0.174 e. The highest BCUT2D eigenvalue weighted by molar-refractivity contribution is 5.69. The van der Waals surface area contributed by atoms with Gasteiger partial charge in [-0.15, -0.1) is 0 Å². The number of methoxy groups -OCH3 is 1. The number of hydrogen-bond donors (Lipinski definition) is 0. The Kier molecular flexibility index (Phi) is 6.05. The van der Waals surface area contributed by atoms with Gasteiger partial charge in [0.1, 0.15) is 11.6 Å². The molecule has 0 amide bonds. The Bertz CT molecular complexity index is 1310. The van der Waals surface area contributed by atoms with Crippen LogP contribution in [0.25, 0.3) is 17.8 Å². The molecule has 2 aromatic heterocycles. The topological polar surface area (TPSA) is 57.8 Å². The van der Waals surface area contributed by atoms with E-state index in [0.717, 1.165) is 53.7 Å². The number of fused-ring (bicyclic) bond motifs is 1. The van der Waals surface area contributed by atoms with E-state index in [1.807, 2.05) is 42.0 Å². The summed E-state index contributed by atoms with van der Waals surface area (Å²) in [5, 5.41) is 4.77. The standard InChI is InChI=1S/C28H31N5O/c1-19(2)22-9-11-23(12-10-22)24-6-5-15-33-28(24)30-27(31-33)14-8-21-7-13-25(26(16-21)34-4)32-17-20(3)29-18-32/h7-14,16-19,24H,5-6,15H2,1-4H3/b14-8+. The minimum Gasteiger partial charge on any atom is -0.495 e. The molecule has 0 spiro atoms. The summed E-state index contributed by atoms with van der Waals surface area (Å²) in [6, 6.07) is 15.2. The first-order valence-electron chi connectivity index (χ1n) is 11.9. The first kappa shape index (κ1) is 22.1. The molecule has 0 radical (unpaired) electrons. The minimum absolute atomic E-state index is 0.294. The molecule has 4 aromatic rings. The molecule has 0 aliphatic carbocycles. The van der Waals surface area contributed by atoms with Gasteiger partial charge in [0.15, 0.2) is 5.82 Å². The predicted octanol–water partition coefficient (Wildman–Crippen LogP) is 6.00. The minimum atomic E-state index is 0.294. The predicted molar refractivity (Wildman–Crippen MR) is 135 cm³/mol. The van der Waals surface area contributed by atoms with E-state index in [1.165, 1.54) is 11.1 Å². The zero-order valence-electron chi connectivity index (χ0n) is 20.3. The second-order valence-electron chi connectivity index (χ2n) is 9.25. The molecule has 174 valence electrons. The fraction of sp³-hybridized carbons (Fsp3) is 0.321. The molecule has 3 heterocycles. The average Bonchev–Trinajstić information content (AvgIpc) is 3.48. The highest BCUT2D eigenvalue weighted by Gasteiger charge is 2.25. The average molecular weight is 454 g/mol.